The number of hydrogen-bond acceptors (Lipinski definition) is 9. The van der Waals surface area contributed by atoms with Gasteiger partial charge in [-0.2, -0.15) is 0 Å². The van der Waals surface area contributed by atoms with Gasteiger partial charge in [0.2, 0.25) is 0 Å². The van der Waals surface area contributed by atoms with Crippen molar-refractivity contribution in [3.63, 3.8) is 0 Å². The molecule has 0 radical (unpaired) electrons. The summed E-state index contributed by atoms with van der Waals surface area (Å²) in [5.41, 5.74) is 1.79. The molecule has 0 spiro atoms. The highest BCUT2D eigenvalue weighted by Gasteiger charge is 2.34. The quantitative estimate of drug-likeness (QED) is 0.382. The van der Waals surface area contributed by atoms with Gasteiger partial charge in [0.1, 0.15) is 0 Å². The molecule has 0 saturated carbocycles. The summed E-state index contributed by atoms with van der Waals surface area (Å²) >= 11 is 1.22. The van der Waals surface area contributed by atoms with Crippen molar-refractivity contribution in [3.05, 3.63) is 78.5 Å². The summed E-state index contributed by atoms with van der Waals surface area (Å²) in [6.07, 6.45) is 1.72. The van der Waals surface area contributed by atoms with Gasteiger partial charge < -0.3 is 24.1 Å². The van der Waals surface area contributed by atoms with Crippen LogP contribution in [0.25, 0.3) is 6.08 Å². The molecule has 0 bridgehead atoms. The Morgan fingerprint density at radius 2 is 1.67 bits per heavy atom. The number of carbonyl (C=O) groups excluding carboxylic acids is 1. The van der Waals surface area contributed by atoms with Crippen LogP contribution < -0.4 is 29.1 Å². The third-order valence-corrected chi connectivity index (χ3v) is 6.96. The maximum Gasteiger partial charge on any atom is 0.338 e. The van der Waals surface area contributed by atoms with Gasteiger partial charge >= 0.3 is 5.97 Å². The van der Waals surface area contributed by atoms with E-state index in [4.69, 9.17) is 18.9 Å². The molecule has 0 fully saturated rings. The SMILES string of the molecule is CCOC(=O)C1=C(C)N=c2s/c(=C\c3ccc(O)c(OCC)c3)c(=O)n2C1c1ccc(OCC)c(OCC)c1. The minimum absolute atomic E-state index is 0.0192. The van der Waals surface area contributed by atoms with E-state index >= 15 is 0 Å². The van der Waals surface area contributed by atoms with E-state index in [0.717, 1.165) is 0 Å². The maximum absolute atomic E-state index is 13.9. The van der Waals surface area contributed by atoms with Crippen LogP contribution in [0.1, 0.15) is 51.8 Å². The maximum atomic E-state index is 13.9. The third kappa shape index (κ3) is 5.70. The van der Waals surface area contributed by atoms with Gasteiger partial charge in [0.05, 0.1) is 48.3 Å². The first-order chi connectivity index (χ1) is 18.8. The predicted octanol–water partition coefficient (Wildman–Crippen LogP) is 3.70. The van der Waals surface area contributed by atoms with E-state index in [1.54, 1.807) is 44.2 Å². The van der Waals surface area contributed by atoms with E-state index in [1.807, 2.05) is 26.8 Å². The number of allylic oxidation sites excluding steroid dienone is 1. The van der Waals surface area contributed by atoms with Gasteiger partial charge in [-0.3, -0.25) is 9.36 Å². The van der Waals surface area contributed by atoms with E-state index in [2.05, 4.69) is 4.99 Å². The van der Waals surface area contributed by atoms with Crippen molar-refractivity contribution in [2.45, 2.75) is 40.7 Å². The van der Waals surface area contributed by atoms with Gasteiger partial charge in [-0.05, 0) is 76.1 Å². The topological polar surface area (TPSA) is 109 Å². The van der Waals surface area contributed by atoms with Crippen LogP contribution in [0.3, 0.4) is 0 Å². The molecule has 10 heteroatoms. The number of ether oxygens (including phenoxy) is 4. The number of phenols is 1. The average Bonchev–Trinajstić information content (AvgIpc) is 3.21. The smallest absolute Gasteiger partial charge is 0.338 e. The highest BCUT2D eigenvalue weighted by molar-refractivity contribution is 7.07. The van der Waals surface area contributed by atoms with Gasteiger partial charge in [-0.25, -0.2) is 9.79 Å². The number of thiazole rings is 1. The van der Waals surface area contributed by atoms with Crippen LogP contribution in [0.2, 0.25) is 0 Å². The van der Waals surface area contributed by atoms with Gasteiger partial charge in [0, 0.05) is 0 Å². The van der Waals surface area contributed by atoms with E-state index in [0.29, 0.717) is 63.2 Å². The Morgan fingerprint density at radius 3 is 2.36 bits per heavy atom. The molecule has 0 aliphatic carbocycles. The lowest BCUT2D eigenvalue weighted by atomic mass is 9.95. The van der Waals surface area contributed by atoms with Crippen molar-refractivity contribution < 1.29 is 28.8 Å². The third-order valence-electron chi connectivity index (χ3n) is 5.98. The zero-order valence-corrected chi connectivity index (χ0v) is 23.5. The predicted molar refractivity (Wildman–Crippen MR) is 148 cm³/mol. The largest absolute Gasteiger partial charge is 0.504 e. The van der Waals surface area contributed by atoms with Crippen molar-refractivity contribution in [2.24, 2.45) is 4.99 Å². The molecule has 4 rings (SSSR count). The number of esters is 1. The molecule has 1 aliphatic heterocycles. The highest BCUT2D eigenvalue weighted by atomic mass is 32.1. The minimum atomic E-state index is -0.781. The number of aromatic nitrogens is 1. The van der Waals surface area contributed by atoms with Crippen molar-refractivity contribution in [1.29, 1.82) is 0 Å². The molecule has 1 atom stereocenters. The Bertz CT molecular complexity index is 1590. The lowest BCUT2D eigenvalue weighted by Crippen LogP contribution is -2.40. The van der Waals surface area contributed by atoms with Gasteiger partial charge in [-0.1, -0.05) is 23.5 Å². The zero-order chi connectivity index (χ0) is 28.1. The summed E-state index contributed by atoms with van der Waals surface area (Å²) in [6.45, 7) is 10.5. The Morgan fingerprint density at radius 1 is 0.974 bits per heavy atom. The minimum Gasteiger partial charge on any atom is -0.504 e. The second-order valence-corrected chi connectivity index (χ2v) is 9.54. The van der Waals surface area contributed by atoms with Crippen LogP contribution in [-0.4, -0.2) is 42.1 Å². The van der Waals surface area contributed by atoms with Crippen LogP contribution in [0.5, 0.6) is 23.0 Å². The molecule has 3 aromatic rings. The molecule has 9 nitrogen and oxygen atoms in total. The summed E-state index contributed by atoms with van der Waals surface area (Å²) in [7, 11) is 0. The summed E-state index contributed by atoms with van der Waals surface area (Å²) in [5, 5.41) is 10.1. The van der Waals surface area contributed by atoms with Crippen LogP contribution in [0, 0.1) is 0 Å². The molecular weight excluding hydrogens is 520 g/mol. The second kappa shape index (κ2) is 12.2. The Balaban J connectivity index is 1.93. The lowest BCUT2D eigenvalue weighted by molar-refractivity contribution is -0.139. The molecular formula is C29H32N2O7S. The summed E-state index contributed by atoms with van der Waals surface area (Å²) in [4.78, 5) is 32.1. The molecule has 2 heterocycles. The molecule has 1 N–H and O–H groups in total. The van der Waals surface area contributed by atoms with Crippen LogP contribution in [0.15, 0.2) is 57.5 Å². The lowest BCUT2D eigenvalue weighted by Gasteiger charge is -2.25. The fourth-order valence-corrected chi connectivity index (χ4v) is 5.43. The standard InChI is InChI=1S/C29H32N2O7S/c1-6-35-21-13-11-19(16-23(21)37-8-3)26-25(28(34)38-9-4)17(5)30-29-31(26)27(33)24(39-29)15-18-10-12-20(32)22(14-18)36-7-2/h10-16,26,32H,6-9H2,1-5H3/b24-15-. The van der Waals surface area contributed by atoms with E-state index in [-0.39, 0.29) is 23.5 Å². The first-order valence-electron chi connectivity index (χ1n) is 12.9. The van der Waals surface area contributed by atoms with E-state index < -0.39 is 12.0 Å². The molecule has 1 unspecified atom stereocenters. The number of rotatable bonds is 10. The monoisotopic (exact) mass is 552 g/mol. The first-order valence-corrected chi connectivity index (χ1v) is 13.7. The summed E-state index contributed by atoms with van der Waals surface area (Å²) < 4.78 is 24.4. The average molecular weight is 553 g/mol. The highest BCUT2D eigenvalue weighted by Crippen LogP contribution is 2.36. The molecule has 2 aromatic carbocycles. The summed E-state index contributed by atoms with van der Waals surface area (Å²) in [5.74, 6) is 0.904. The first kappa shape index (κ1) is 28.0. The number of fused-ring (bicyclic) bond motifs is 1. The van der Waals surface area contributed by atoms with Crippen molar-refractivity contribution >= 4 is 23.4 Å². The Kier molecular flexibility index (Phi) is 8.75. The van der Waals surface area contributed by atoms with Gasteiger partial charge in [-0.15, -0.1) is 0 Å². The number of nitrogens with zero attached hydrogens (tertiary/aromatic N) is 2. The van der Waals surface area contributed by atoms with E-state index in [9.17, 15) is 14.7 Å². The van der Waals surface area contributed by atoms with Gasteiger partial charge in [0.15, 0.2) is 27.8 Å². The van der Waals surface area contributed by atoms with Crippen LogP contribution in [-0.2, 0) is 9.53 Å². The fraction of sp³-hybridized carbons (Fsp3) is 0.345. The van der Waals surface area contributed by atoms with Crippen molar-refractivity contribution in [1.82, 2.24) is 4.57 Å². The molecule has 0 saturated heterocycles. The number of aromatic hydroxyl groups is 1. The van der Waals surface area contributed by atoms with E-state index in [1.165, 1.54) is 22.0 Å². The fourth-order valence-electron chi connectivity index (χ4n) is 4.39. The number of hydrogen-bond donors (Lipinski definition) is 1. The summed E-state index contributed by atoms with van der Waals surface area (Å²) in [6, 6.07) is 9.51. The zero-order valence-electron chi connectivity index (χ0n) is 22.6. The number of benzene rings is 2. The van der Waals surface area contributed by atoms with Crippen LogP contribution in [0.4, 0.5) is 0 Å². The van der Waals surface area contributed by atoms with Crippen molar-refractivity contribution in [2.75, 3.05) is 26.4 Å². The molecule has 1 aliphatic rings. The molecule has 0 amide bonds. The van der Waals surface area contributed by atoms with Gasteiger partial charge in [0.25, 0.3) is 5.56 Å². The Hall–Kier alpha value is -4.05. The Labute approximate surface area is 230 Å². The molecule has 206 valence electrons. The number of phenolic OH excluding ortho intramolecular Hbond substituents is 1. The number of carbonyl (C=O) groups is 1. The van der Waals surface area contributed by atoms with Crippen LogP contribution >= 0.6 is 11.3 Å². The van der Waals surface area contributed by atoms with Crippen molar-refractivity contribution in [3.8, 4) is 23.0 Å². The normalized spacial score (nSPS) is 15.0. The molecule has 1 aromatic heterocycles. The molecule has 39 heavy (non-hydrogen) atoms. The second-order valence-electron chi connectivity index (χ2n) is 8.53.